The van der Waals surface area contributed by atoms with E-state index in [1.807, 2.05) is 0 Å². The lowest BCUT2D eigenvalue weighted by atomic mass is 10.3. The first-order valence-electron chi connectivity index (χ1n) is 9.19. The Hall–Kier alpha value is -0.580. The van der Waals surface area contributed by atoms with Crippen LogP contribution < -0.4 is 0 Å². The molecule has 1 rings (SSSR count). The van der Waals surface area contributed by atoms with Crippen molar-refractivity contribution >= 4 is 0 Å². The summed E-state index contributed by atoms with van der Waals surface area (Å²) in [5.74, 6) is 0. The van der Waals surface area contributed by atoms with Gasteiger partial charge in [0, 0.05) is 52.4 Å². The zero-order valence-corrected chi connectivity index (χ0v) is 15.4. The van der Waals surface area contributed by atoms with Gasteiger partial charge in [-0.25, -0.2) is 0 Å². The average Bonchev–Trinajstić information content (AvgIpc) is 2.51. The van der Waals surface area contributed by atoms with Crippen molar-refractivity contribution in [3.05, 3.63) is 12.3 Å². The molecule has 0 unspecified atom stereocenters. The molecule has 0 aromatic heterocycles. The van der Waals surface area contributed by atoms with Gasteiger partial charge in [-0.2, -0.15) is 0 Å². The van der Waals surface area contributed by atoms with Crippen molar-refractivity contribution in [3.8, 4) is 0 Å². The van der Waals surface area contributed by atoms with Crippen LogP contribution in [-0.4, -0.2) is 92.1 Å². The lowest BCUT2D eigenvalue weighted by Crippen LogP contribution is -2.44. The predicted molar refractivity (Wildman–Crippen MR) is 97.3 cm³/mol. The largest absolute Gasteiger partial charge is 0.375 e. The van der Waals surface area contributed by atoms with Crippen molar-refractivity contribution < 1.29 is 0 Å². The van der Waals surface area contributed by atoms with Crippen LogP contribution in [0.3, 0.4) is 0 Å². The van der Waals surface area contributed by atoms with E-state index in [1.165, 1.54) is 58.7 Å². The summed E-state index contributed by atoms with van der Waals surface area (Å²) in [6.45, 7) is 18.6. The minimum absolute atomic E-state index is 1.13. The summed E-state index contributed by atoms with van der Waals surface area (Å²) in [5.41, 5.74) is 0. The Morgan fingerprint density at radius 3 is 1.73 bits per heavy atom. The van der Waals surface area contributed by atoms with E-state index in [-0.39, 0.29) is 0 Å². The van der Waals surface area contributed by atoms with Crippen LogP contribution in [-0.2, 0) is 0 Å². The number of hydrogen-bond acceptors (Lipinski definition) is 4. The smallest absolute Gasteiger partial charge is 0.0300 e. The molecule has 1 heterocycles. The Labute approximate surface area is 138 Å². The Kier molecular flexibility index (Phi) is 10.5. The first-order valence-corrected chi connectivity index (χ1v) is 9.19. The number of likely N-dealkylation sites (N-methyl/N-ethyl adjacent to an activating group) is 1. The van der Waals surface area contributed by atoms with E-state index in [4.69, 9.17) is 0 Å². The molecule has 1 aliphatic rings. The van der Waals surface area contributed by atoms with Crippen LogP contribution in [0, 0.1) is 0 Å². The second-order valence-electron chi connectivity index (χ2n) is 6.50. The molecule has 0 spiro atoms. The van der Waals surface area contributed by atoms with Crippen LogP contribution in [0.4, 0.5) is 0 Å². The molecule has 0 aromatic carbocycles. The summed E-state index contributed by atoms with van der Waals surface area (Å²) >= 11 is 0. The van der Waals surface area contributed by atoms with Gasteiger partial charge in [0.25, 0.3) is 0 Å². The van der Waals surface area contributed by atoms with Gasteiger partial charge in [0.15, 0.2) is 0 Å². The van der Waals surface area contributed by atoms with Crippen molar-refractivity contribution in [3.63, 3.8) is 0 Å². The summed E-state index contributed by atoms with van der Waals surface area (Å²) < 4.78 is 0. The van der Waals surface area contributed by atoms with Crippen LogP contribution >= 0.6 is 0 Å². The maximum absolute atomic E-state index is 2.64. The summed E-state index contributed by atoms with van der Waals surface area (Å²) in [6.07, 6.45) is 6.93. The van der Waals surface area contributed by atoms with Gasteiger partial charge < -0.3 is 19.6 Å². The van der Waals surface area contributed by atoms with E-state index >= 15 is 0 Å². The fourth-order valence-corrected chi connectivity index (χ4v) is 3.05. The van der Waals surface area contributed by atoms with E-state index in [9.17, 15) is 0 Å². The topological polar surface area (TPSA) is 13.0 Å². The minimum Gasteiger partial charge on any atom is -0.375 e. The van der Waals surface area contributed by atoms with Crippen LogP contribution in [0.25, 0.3) is 0 Å². The normalized spacial score (nSPS) is 21.9. The zero-order valence-electron chi connectivity index (χ0n) is 15.4. The van der Waals surface area contributed by atoms with Crippen molar-refractivity contribution in [2.75, 3.05) is 72.5 Å². The molecule has 0 saturated carbocycles. The third-order valence-corrected chi connectivity index (χ3v) is 4.44. The zero-order chi connectivity index (χ0) is 16.2. The fraction of sp³-hybridized carbons (Fsp3) is 0.889. The molecule has 1 fully saturated rings. The van der Waals surface area contributed by atoms with Gasteiger partial charge in [0.1, 0.15) is 0 Å². The molecule has 0 bridgehead atoms. The van der Waals surface area contributed by atoms with Gasteiger partial charge >= 0.3 is 0 Å². The minimum atomic E-state index is 1.13. The van der Waals surface area contributed by atoms with Gasteiger partial charge in [0.05, 0.1) is 0 Å². The molecular weight excluding hydrogens is 272 g/mol. The molecule has 0 N–H and O–H groups in total. The summed E-state index contributed by atoms with van der Waals surface area (Å²) in [6, 6.07) is 0. The fourth-order valence-electron chi connectivity index (χ4n) is 3.05. The Morgan fingerprint density at radius 2 is 1.18 bits per heavy atom. The third-order valence-electron chi connectivity index (χ3n) is 4.44. The van der Waals surface area contributed by atoms with E-state index in [0.29, 0.717) is 0 Å². The Bertz CT molecular complexity index is 293. The molecular formula is C18H38N4. The number of allylic oxidation sites excluding steroid dienone is 1. The molecule has 22 heavy (non-hydrogen) atoms. The molecule has 0 amide bonds. The maximum atomic E-state index is 2.64. The first kappa shape index (κ1) is 19.5. The number of nitrogens with zero attached hydrogens (tertiary/aromatic N) is 4. The second kappa shape index (κ2) is 11.9. The van der Waals surface area contributed by atoms with Gasteiger partial charge in [-0.15, -0.1) is 0 Å². The first-order chi connectivity index (χ1) is 10.7. The van der Waals surface area contributed by atoms with Gasteiger partial charge in [-0.1, -0.05) is 19.9 Å². The van der Waals surface area contributed by atoms with E-state index in [1.54, 1.807) is 0 Å². The molecule has 0 aromatic rings. The number of rotatable bonds is 5. The number of hydrogen-bond donors (Lipinski definition) is 0. The van der Waals surface area contributed by atoms with Crippen molar-refractivity contribution in [2.24, 2.45) is 0 Å². The van der Waals surface area contributed by atoms with E-state index in [2.05, 4.69) is 59.7 Å². The molecule has 0 radical (unpaired) electrons. The van der Waals surface area contributed by atoms with Crippen LogP contribution in [0.2, 0.25) is 0 Å². The highest BCUT2D eigenvalue weighted by atomic mass is 15.2. The molecule has 1 saturated heterocycles. The lowest BCUT2D eigenvalue weighted by molar-refractivity contribution is 0.158. The third kappa shape index (κ3) is 8.16. The van der Waals surface area contributed by atoms with Crippen LogP contribution in [0.1, 0.15) is 33.6 Å². The SMILES string of the molecule is C/C=C/N1CCN(C)CCN(CCC)CCN(CCC)CC1. The standard InChI is InChI=1S/C18H38N4/c1-5-8-20-13-11-19(4)12-14-21(9-6-2)16-18-22(10-7-3)17-15-20/h5,8H,6-7,9-18H2,1-4H3/b8-5+. The van der Waals surface area contributed by atoms with Gasteiger partial charge in [-0.05, 0) is 46.1 Å². The molecule has 130 valence electrons. The summed E-state index contributed by atoms with van der Waals surface area (Å²) in [7, 11) is 2.26. The molecule has 1 aliphatic heterocycles. The maximum Gasteiger partial charge on any atom is 0.0300 e. The van der Waals surface area contributed by atoms with E-state index < -0.39 is 0 Å². The van der Waals surface area contributed by atoms with Gasteiger partial charge in [-0.3, -0.25) is 0 Å². The van der Waals surface area contributed by atoms with Crippen molar-refractivity contribution in [1.82, 2.24) is 19.6 Å². The molecule has 4 heteroatoms. The highest BCUT2D eigenvalue weighted by molar-refractivity contribution is 4.81. The van der Waals surface area contributed by atoms with Gasteiger partial charge in [0.2, 0.25) is 0 Å². The summed E-state index contributed by atoms with van der Waals surface area (Å²) in [5, 5.41) is 0. The van der Waals surface area contributed by atoms with Crippen molar-refractivity contribution in [1.29, 1.82) is 0 Å². The van der Waals surface area contributed by atoms with Crippen LogP contribution in [0.15, 0.2) is 12.3 Å². The monoisotopic (exact) mass is 310 g/mol. The second-order valence-corrected chi connectivity index (χ2v) is 6.50. The molecule has 4 nitrogen and oxygen atoms in total. The molecule has 0 atom stereocenters. The predicted octanol–water partition coefficient (Wildman–Crippen LogP) is 2.19. The Morgan fingerprint density at radius 1 is 0.727 bits per heavy atom. The van der Waals surface area contributed by atoms with Crippen LogP contribution in [0.5, 0.6) is 0 Å². The quantitative estimate of drug-likeness (QED) is 0.772. The summed E-state index contributed by atoms with van der Waals surface area (Å²) in [4.78, 5) is 10.2. The van der Waals surface area contributed by atoms with E-state index in [0.717, 1.165) is 19.6 Å². The average molecular weight is 311 g/mol. The molecule has 0 aliphatic carbocycles. The highest BCUT2D eigenvalue weighted by Crippen LogP contribution is 2.01. The van der Waals surface area contributed by atoms with Crippen molar-refractivity contribution in [2.45, 2.75) is 33.6 Å². The lowest BCUT2D eigenvalue weighted by Gasteiger charge is -2.32. The highest BCUT2D eigenvalue weighted by Gasteiger charge is 2.12. The Balaban J connectivity index is 2.64.